The molecule has 1 aromatic carbocycles. The van der Waals surface area contributed by atoms with E-state index in [4.69, 9.17) is 0 Å². The van der Waals surface area contributed by atoms with Gasteiger partial charge in [-0.3, -0.25) is 14.9 Å². The van der Waals surface area contributed by atoms with Crippen molar-refractivity contribution in [2.45, 2.75) is 19.4 Å². The summed E-state index contributed by atoms with van der Waals surface area (Å²) >= 11 is 0. The van der Waals surface area contributed by atoms with Gasteiger partial charge in [-0.15, -0.1) is 0 Å². The quantitative estimate of drug-likeness (QED) is 0.569. The molecule has 0 saturated heterocycles. The van der Waals surface area contributed by atoms with Crippen LogP contribution in [-0.2, 0) is 0 Å². The van der Waals surface area contributed by atoms with E-state index in [0.29, 0.717) is 22.2 Å². The lowest BCUT2D eigenvalue weighted by Gasteiger charge is -2.15. The molecule has 1 atom stereocenters. The zero-order valence-electron chi connectivity index (χ0n) is 14.6. The largest absolute Gasteiger partial charge is 0.345 e. The molecule has 0 fully saturated rings. The fraction of sp³-hybridized carbons (Fsp3) is 0.158. The van der Waals surface area contributed by atoms with Crippen LogP contribution in [0.15, 0.2) is 55.2 Å². The van der Waals surface area contributed by atoms with E-state index in [-0.39, 0.29) is 17.8 Å². The summed E-state index contributed by atoms with van der Waals surface area (Å²) in [5, 5.41) is 14.7. The van der Waals surface area contributed by atoms with Crippen molar-refractivity contribution < 1.29 is 9.18 Å². The van der Waals surface area contributed by atoms with Crippen molar-refractivity contribution in [2.75, 3.05) is 0 Å². The summed E-state index contributed by atoms with van der Waals surface area (Å²) in [6, 6.07) is 5.83. The predicted octanol–water partition coefficient (Wildman–Crippen LogP) is 3.16. The predicted molar refractivity (Wildman–Crippen MR) is 97.9 cm³/mol. The maximum absolute atomic E-state index is 13.2. The van der Waals surface area contributed by atoms with E-state index >= 15 is 0 Å². The summed E-state index contributed by atoms with van der Waals surface area (Å²) in [7, 11) is 0. The Morgan fingerprint density at radius 1 is 1.22 bits per heavy atom. The van der Waals surface area contributed by atoms with E-state index in [1.807, 2.05) is 6.92 Å². The molecule has 4 rings (SSSR count). The van der Waals surface area contributed by atoms with Crippen molar-refractivity contribution >= 4 is 16.8 Å². The lowest BCUT2D eigenvalue weighted by Crippen LogP contribution is -2.28. The number of hydrogen-bond acceptors (Lipinski definition) is 4. The minimum atomic E-state index is -0.321. The molecular weight excluding hydrogens is 347 g/mol. The first-order valence-corrected chi connectivity index (χ1v) is 8.54. The van der Waals surface area contributed by atoms with Crippen molar-refractivity contribution in [3.63, 3.8) is 0 Å². The second-order valence-electron chi connectivity index (χ2n) is 6.12. The third kappa shape index (κ3) is 3.17. The van der Waals surface area contributed by atoms with Crippen molar-refractivity contribution in [1.82, 2.24) is 30.3 Å². The Labute approximate surface area is 154 Å². The molecule has 0 aliphatic carbocycles. The topological polar surface area (TPSA) is 88.5 Å². The number of nitrogens with one attached hydrogen (secondary N) is 2. The number of carbonyl (C=O) groups excluding carboxylic acids is 1. The van der Waals surface area contributed by atoms with Gasteiger partial charge in [0.2, 0.25) is 0 Å². The standard InChI is InChI=1S/C19H17FN6O/c1-2-17(12-7-22-23-8-12)25-19(27)16-9-21-11-18-15(16)10-24-26(18)14-5-3-13(20)4-6-14/h3-11,17H,2H2,1H3,(H,22,23)(H,25,27)/t17-/m0/s1. The molecule has 3 heterocycles. The third-order valence-electron chi connectivity index (χ3n) is 4.45. The highest BCUT2D eigenvalue weighted by molar-refractivity contribution is 6.06. The van der Waals surface area contributed by atoms with Crippen molar-refractivity contribution in [3.8, 4) is 5.69 Å². The van der Waals surface area contributed by atoms with Gasteiger partial charge in [-0.05, 0) is 30.7 Å². The van der Waals surface area contributed by atoms with Gasteiger partial charge in [0, 0.05) is 23.3 Å². The Morgan fingerprint density at radius 2 is 2.04 bits per heavy atom. The molecule has 0 saturated carbocycles. The van der Waals surface area contributed by atoms with E-state index in [1.54, 1.807) is 41.6 Å². The number of nitrogens with zero attached hydrogens (tertiary/aromatic N) is 4. The molecule has 7 nitrogen and oxygen atoms in total. The van der Waals surface area contributed by atoms with Crippen LogP contribution in [0, 0.1) is 5.82 Å². The summed E-state index contributed by atoms with van der Waals surface area (Å²) < 4.78 is 14.8. The average Bonchev–Trinajstić information content (AvgIpc) is 3.36. The summed E-state index contributed by atoms with van der Waals surface area (Å²) in [6.07, 6.45) is 8.96. The number of halogens is 1. The van der Waals surface area contributed by atoms with Crippen LogP contribution < -0.4 is 5.32 Å². The van der Waals surface area contributed by atoms with Gasteiger partial charge >= 0.3 is 0 Å². The minimum absolute atomic E-state index is 0.154. The molecule has 8 heteroatoms. The Bertz CT molecular complexity index is 1070. The van der Waals surface area contributed by atoms with Crippen molar-refractivity contribution in [1.29, 1.82) is 0 Å². The van der Waals surface area contributed by atoms with Crippen LogP contribution in [0.3, 0.4) is 0 Å². The fourth-order valence-electron chi connectivity index (χ4n) is 3.02. The van der Waals surface area contributed by atoms with Crippen LogP contribution in [0.2, 0.25) is 0 Å². The molecule has 0 aliphatic heterocycles. The van der Waals surface area contributed by atoms with Gasteiger partial charge in [-0.25, -0.2) is 9.07 Å². The van der Waals surface area contributed by atoms with Gasteiger partial charge in [0.15, 0.2) is 0 Å². The molecule has 136 valence electrons. The molecule has 2 N–H and O–H groups in total. The number of rotatable bonds is 5. The smallest absolute Gasteiger partial charge is 0.254 e. The van der Waals surface area contributed by atoms with Crippen molar-refractivity contribution in [2.24, 2.45) is 0 Å². The van der Waals surface area contributed by atoms with E-state index in [9.17, 15) is 9.18 Å². The Morgan fingerprint density at radius 3 is 2.74 bits per heavy atom. The number of amides is 1. The zero-order valence-corrected chi connectivity index (χ0v) is 14.6. The van der Waals surface area contributed by atoms with Crippen LogP contribution >= 0.6 is 0 Å². The van der Waals surface area contributed by atoms with Gasteiger partial charge in [-0.1, -0.05) is 6.92 Å². The summed E-state index contributed by atoms with van der Waals surface area (Å²) in [5.41, 5.74) is 2.71. The van der Waals surface area contributed by atoms with Crippen LogP contribution in [0.25, 0.3) is 16.6 Å². The number of pyridine rings is 1. The SMILES string of the molecule is CC[C@H](NC(=O)c1cncc2c1cnn2-c1ccc(F)cc1)c1cn[nH]c1. The fourth-order valence-corrected chi connectivity index (χ4v) is 3.02. The number of carbonyl (C=O) groups is 1. The molecule has 0 spiro atoms. The highest BCUT2D eigenvalue weighted by Gasteiger charge is 2.19. The Balaban J connectivity index is 1.68. The maximum atomic E-state index is 13.2. The van der Waals surface area contributed by atoms with Crippen LogP contribution in [0.5, 0.6) is 0 Å². The first-order chi connectivity index (χ1) is 13.2. The van der Waals surface area contributed by atoms with E-state index in [0.717, 1.165) is 12.0 Å². The molecular formula is C19H17FN6O. The molecule has 0 aliphatic rings. The van der Waals surface area contributed by atoms with Crippen LogP contribution in [0.1, 0.15) is 35.3 Å². The molecule has 1 amide bonds. The Hall–Kier alpha value is -3.55. The number of aromatic nitrogens is 5. The number of H-pyrrole nitrogens is 1. The van der Waals surface area contributed by atoms with E-state index in [1.165, 1.54) is 18.3 Å². The summed E-state index contributed by atoms with van der Waals surface area (Å²) in [4.78, 5) is 17.0. The van der Waals surface area contributed by atoms with Gasteiger partial charge in [0.1, 0.15) is 5.82 Å². The maximum Gasteiger partial charge on any atom is 0.254 e. The molecule has 0 bridgehead atoms. The second kappa shape index (κ2) is 6.99. The monoisotopic (exact) mass is 364 g/mol. The lowest BCUT2D eigenvalue weighted by atomic mass is 10.1. The van der Waals surface area contributed by atoms with E-state index < -0.39 is 0 Å². The number of hydrogen-bond donors (Lipinski definition) is 2. The van der Waals surface area contributed by atoms with E-state index in [2.05, 4.69) is 25.6 Å². The molecule has 0 unspecified atom stereocenters. The third-order valence-corrected chi connectivity index (χ3v) is 4.45. The molecule has 4 aromatic rings. The van der Waals surface area contributed by atoms with Gasteiger partial charge in [-0.2, -0.15) is 10.2 Å². The number of fused-ring (bicyclic) bond motifs is 1. The average molecular weight is 364 g/mol. The normalized spacial score (nSPS) is 12.2. The highest BCUT2D eigenvalue weighted by atomic mass is 19.1. The summed E-state index contributed by atoms with van der Waals surface area (Å²) in [5.74, 6) is -0.557. The number of benzene rings is 1. The van der Waals surface area contributed by atoms with Gasteiger partial charge in [0.25, 0.3) is 5.91 Å². The highest BCUT2D eigenvalue weighted by Crippen LogP contribution is 2.22. The molecule has 27 heavy (non-hydrogen) atoms. The van der Waals surface area contributed by atoms with Crippen molar-refractivity contribution in [3.05, 3.63) is 72.2 Å². The lowest BCUT2D eigenvalue weighted by molar-refractivity contribution is 0.0937. The number of aromatic amines is 1. The molecule has 3 aromatic heterocycles. The first-order valence-electron chi connectivity index (χ1n) is 8.54. The first kappa shape index (κ1) is 16.9. The molecule has 0 radical (unpaired) electrons. The summed E-state index contributed by atoms with van der Waals surface area (Å²) in [6.45, 7) is 1.99. The van der Waals surface area contributed by atoms with Gasteiger partial charge in [0.05, 0.1) is 41.4 Å². The second-order valence-corrected chi connectivity index (χ2v) is 6.12. The van der Waals surface area contributed by atoms with Crippen LogP contribution in [0.4, 0.5) is 4.39 Å². The minimum Gasteiger partial charge on any atom is -0.345 e. The van der Waals surface area contributed by atoms with Crippen LogP contribution in [-0.4, -0.2) is 30.9 Å². The van der Waals surface area contributed by atoms with Gasteiger partial charge < -0.3 is 5.32 Å². The zero-order chi connectivity index (χ0) is 18.8. The Kier molecular flexibility index (Phi) is 4.37.